The molecule has 1 fully saturated rings. The molecule has 1 aliphatic heterocycles. The van der Waals surface area contributed by atoms with Crippen molar-refractivity contribution in [2.75, 3.05) is 19.6 Å². The van der Waals surface area contributed by atoms with Crippen molar-refractivity contribution in [2.24, 2.45) is 11.8 Å². The van der Waals surface area contributed by atoms with Crippen molar-refractivity contribution in [3.8, 4) is 0 Å². The van der Waals surface area contributed by atoms with Crippen LogP contribution in [-0.4, -0.2) is 46.1 Å². The van der Waals surface area contributed by atoms with Crippen molar-refractivity contribution in [1.29, 1.82) is 0 Å². The molecule has 1 aliphatic rings. The van der Waals surface area contributed by atoms with Gasteiger partial charge in [0.25, 0.3) is 5.91 Å². The molecule has 1 N–H and O–H groups in total. The van der Waals surface area contributed by atoms with E-state index in [0.29, 0.717) is 25.2 Å². The number of benzene rings is 1. The van der Waals surface area contributed by atoms with Gasteiger partial charge in [-0.1, -0.05) is 24.1 Å². The van der Waals surface area contributed by atoms with Crippen molar-refractivity contribution in [3.05, 3.63) is 52.3 Å². The Morgan fingerprint density at radius 2 is 1.83 bits per heavy atom. The van der Waals surface area contributed by atoms with Gasteiger partial charge in [-0.3, -0.25) is 14.3 Å². The molecular formula is C24H34N4O2. The highest BCUT2D eigenvalue weighted by molar-refractivity contribution is 5.95. The van der Waals surface area contributed by atoms with E-state index in [-0.39, 0.29) is 23.7 Å². The number of hydrogen-bond acceptors (Lipinski definition) is 3. The Labute approximate surface area is 179 Å². The number of aryl methyl sites for hydroxylation is 4. The van der Waals surface area contributed by atoms with Crippen LogP contribution >= 0.6 is 0 Å². The molecule has 0 radical (unpaired) electrons. The zero-order valence-corrected chi connectivity index (χ0v) is 18.9. The SMILES string of the molecule is Cc1cc(C)cc(C(=O)N2CCCC(C(=O)NCC(C)Cn3nc(C)cc3C)C2)c1. The second-order valence-electron chi connectivity index (χ2n) is 8.93. The number of hydrogen-bond donors (Lipinski definition) is 1. The molecule has 0 bridgehead atoms. The van der Waals surface area contributed by atoms with E-state index in [4.69, 9.17) is 0 Å². The first kappa shape index (κ1) is 22.1. The van der Waals surface area contributed by atoms with Crippen LogP contribution in [0.1, 0.15) is 52.6 Å². The van der Waals surface area contributed by atoms with E-state index in [1.54, 1.807) is 0 Å². The molecule has 3 rings (SSSR count). The number of likely N-dealkylation sites (tertiary alicyclic amines) is 1. The van der Waals surface area contributed by atoms with Gasteiger partial charge in [0.2, 0.25) is 5.91 Å². The molecule has 6 heteroatoms. The number of amides is 2. The van der Waals surface area contributed by atoms with Gasteiger partial charge in [-0.25, -0.2) is 0 Å². The fraction of sp³-hybridized carbons (Fsp3) is 0.542. The normalized spacial score (nSPS) is 17.6. The largest absolute Gasteiger partial charge is 0.355 e. The first-order valence-electron chi connectivity index (χ1n) is 10.9. The zero-order chi connectivity index (χ0) is 21.8. The highest BCUT2D eigenvalue weighted by Gasteiger charge is 2.29. The van der Waals surface area contributed by atoms with E-state index in [1.807, 2.05) is 42.5 Å². The number of rotatable bonds is 6. The predicted octanol–water partition coefficient (Wildman–Crippen LogP) is 3.42. The number of nitrogens with one attached hydrogen (secondary N) is 1. The second kappa shape index (κ2) is 9.45. The van der Waals surface area contributed by atoms with Gasteiger partial charge in [0.05, 0.1) is 11.6 Å². The lowest BCUT2D eigenvalue weighted by molar-refractivity contribution is -0.126. The molecule has 30 heavy (non-hydrogen) atoms. The molecule has 162 valence electrons. The van der Waals surface area contributed by atoms with Gasteiger partial charge >= 0.3 is 0 Å². The quantitative estimate of drug-likeness (QED) is 0.793. The minimum Gasteiger partial charge on any atom is -0.355 e. The molecule has 0 saturated carbocycles. The third-order valence-electron chi connectivity index (χ3n) is 5.76. The maximum atomic E-state index is 13.0. The summed E-state index contributed by atoms with van der Waals surface area (Å²) < 4.78 is 2.00. The van der Waals surface area contributed by atoms with E-state index in [1.165, 1.54) is 0 Å². The van der Waals surface area contributed by atoms with Gasteiger partial charge in [0.1, 0.15) is 0 Å². The molecule has 0 spiro atoms. The lowest BCUT2D eigenvalue weighted by Crippen LogP contribution is -2.46. The second-order valence-corrected chi connectivity index (χ2v) is 8.93. The summed E-state index contributed by atoms with van der Waals surface area (Å²) in [4.78, 5) is 27.6. The van der Waals surface area contributed by atoms with Crippen LogP contribution in [0.15, 0.2) is 24.3 Å². The smallest absolute Gasteiger partial charge is 0.253 e. The minimum absolute atomic E-state index is 0.0252. The topological polar surface area (TPSA) is 67.2 Å². The summed E-state index contributed by atoms with van der Waals surface area (Å²) in [5.41, 5.74) is 5.03. The fourth-order valence-corrected chi connectivity index (χ4v) is 4.30. The molecule has 0 aliphatic carbocycles. The molecule has 2 atom stereocenters. The Bertz CT molecular complexity index is 898. The van der Waals surface area contributed by atoms with Crippen LogP contribution in [0.5, 0.6) is 0 Å². The first-order valence-corrected chi connectivity index (χ1v) is 10.9. The maximum absolute atomic E-state index is 13.0. The van der Waals surface area contributed by atoms with Gasteiger partial charge in [-0.15, -0.1) is 0 Å². The van der Waals surface area contributed by atoms with E-state index in [9.17, 15) is 9.59 Å². The van der Waals surface area contributed by atoms with Crippen LogP contribution in [0.3, 0.4) is 0 Å². The van der Waals surface area contributed by atoms with Gasteiger partial charge in [-0.05, 0) is 64.7 Å². The minimum atomic E-state index is -0.144. The standard InChI is InChI=1S/C24H34N4O2/c1-16-9-17(2)11-22(10-16)24(30)27-8-6-7-21(15-27)23(29)25-13-18(3)14-28-20(5)12-19(4)26-28/h9-12,18,21H,6-8,13-15H2,1-5H3,(H,25,29). The average molecular weight is 411 g/mol. The average Bonchev–Trinajstić information content (AvgIpc) is 3.01. The molecular weight excluding hydrogens is 376 g/mol. The molecule has 2 aromatic rings. The lowest BCUT2D eigenvalue weighted by atomic mass is 9.96. The van der Waals surface area contributed by atoms with E-state index in [0.717, 1.165) is 41.9 Å². The Morgan fingerprint density at radius 1 is 1.13 bits per heavy atom. The fourth-order valence-electron chi connectivity index (χ4n) is 4.30. The summed E-state index contributed by atoms with van der Waals surface area (Å²) in [6.07, 6.45) is 1.68. The van der Waals surface area contributed by atoms with Gasteiger partial charge in [0.15, 0.2) is 0 Å². The highest BCUT2D eigenvalue weighted by atomic mass is 16.2. The van der Waals surface area contributed by atoms with Crippen molar-refractivity contribution < 1.29 is 9.59 Å². The summed E-state index contributed by atoms with van der Waals surface area (Å²) in [6.45, 7) is 12.8. The Morgan fingerprint density at radius 3 is 2.47 bits per heavy atom. The van der Waals surface area contributed by atoms with E-state index in [2.05, 4.69) is 36.4 Å². The van der Waals surface area contributed by atoms with Crippen molar-refractivity contribution in [1.82, 2.24) is 20.0 Å². The van der Waals surface area contributed by atoms with Crippen LogP contribution < -0.4 is 5.32 Å². The van der Waals surface area contributed by atoms with E-state index >= 15 is 0 Å². The Kier molecular flexibility index (Phi) is 6.95. The van der Waals surface area contributed by atoms with Crippen LogP contribution in [-0.2, 0) is 11.3 Å². The third-order valence-corrected chi connectivity index (χ3v) is 5.76. The zero-order valence-electron chi connectivity index (χ0n) is 18.9. The maximum Gasteiger partial charge on any atom is 0.253 e. The number of piperidine rings is 1. The van der Waals surface area contributed by atoms with Gasteiger partial charge in [0, 0.05) is 37.4 Å². The van der Waals surface area contributed by atoms with Crippen molar-refractivity contribution in [2.45, 2.75) is 54.0 Å². The van der Waals surface area contributed by atoms with Crippen molar-refractivity contribution in [3.63, 3.8) is 0 Å². The lowest BCUT2D eigenvalue weighted by Gasteiger charge is -2.32. The van der Waals surface area contributed by atoms with Gasteiger partial charge < -0.3 is 10.2 Å². The van der Waals surface area contributed by atoms with Crippen molar-refractivity contribution >= 4 is 11.8 Å². The van der Waals surface area contributed by atoms with Gasteiger partial charge in [-0.2, -0.15) is 5.10 Å². The molecule has 1 aromatic heterocycles. The molecule has 2 heterocycles. The molecule has 1 aromatic carbocycles. The number of nitrogens with zero attached hydrogens (tertiary/aromatic N) is 3. The Balaban J connectivity index is 1.53. The van der Waals surface area contributed by atoms with Crippen LogP contribution in [0, 0.1) is 39.5 Å². The highest BCUT2D eigenvalue weighted by Crippen LogP contribution is 2.20. The summed E-state index contributed by atoms with van der Waals surface area (Å²) in [7, 11) is 0. The Hall–Kier alpha value is -2.63. The molecule has 6 nitrogen and oxygen atoms in total. The molecule has 2 amide bonds. The number of carbonyl (C=O) groups excluding carboxylic acids is 2. The summed E-state index contributed by atoms with van der Waals surface area (Å²) in [6, 6.07) is 7.99. The predicted molar refractivity (Wildman–Crippen MR) is 118 cm³/mol. The van der Waals surface area contributed by atoms with Crippen LogP contribution in [0.2, 0.25) is 0 Å². The van der Waals surface area contributed by atoms with E-state index < -0.39 is 0 Å². The molecule has 1 saturated heterocycles. The number of carbonyl (C=O) groups is 2. The number of aromatic nitrogens is 2. The molecule has 2 unspecified atom stereocenters. The summed E-state index contributed by atoms with van der Waals surface area (Å²) >= 11 is 0. The summed E-state index contributed by atoms with van der Waals surface area (Å²) in [5.74, 6) is 0.211. The summed E-state index contributed by atoms with van der Waals surface area (Å²) in [5, 5.41) is 7.60. The van der Waals surface area contributed by atoms with Crippen LogP contribution in [0.4, 0.5) is 0 Å². The third kappa shape index (κ3) is 5.49. The monoisotopic (exact) mass is 410 g/mol. The van der Waals surface area contributed by atoms with Crippen LogP contribution in [0.25, 0.3) is 0 Å². The first-order chi connectivity index (χ1) is 14.2.